The smallest absolute Gasteiger partial charge is 0.276 e. The van der Waals surface area contributed by atoms with Crippen molar-refractivity contribution in [3.63, 3.8) is 0 Å². The van der Waals surface area contributed by atoms with Crippen LogP contribution in [0, 0.1) is 12.7 Å². The van der Waals surface area contributed by atoms with Crippen molar-refractivity contribution in [3.05, 3.63) is 94.2 Å². The maximum atomic E-state index is 14.4. The minimum absolute atomic E-state index is 0.163. The second kappa shape index (κ2) is 10.6. The number of nitrogens with zero attached hydrogens (tertiary/aromatic N) is 2. The summed E-state index contributed by atoms with van der Waals surface area (Å²) in [6.07, 6.45) is 2.98. The van der Waals surface area contributed by atoms with E-state index in [0.29, 0.717) is 47.8 Å². The van der Waals surface area contributed by atoms with E-state index in [1.165, 1.54) is 23.7 Å². The molecule has 0 spiro atoms. The molecule has 2 amide bonds. The SMILES string of the molecule is Cc1cccc(F)c1NC(=O)c1cc2c(s1)-c1ccccc1N(C(=O)c1cccc(NCC3(S(C)(=O)=O)CC3)n1)CC2. The maximum absolute atomic E-state index is 14.4. The van der Waals surface area contributed by atoms with Gasteiger partial charge < -0.3 is 15.5 Å². The van der Waals surface area contributed by atoms with E-state index >= 15 is 0 Å². The number of para-hydroxylation sites is 2. The summed E-state index contributed by atoms with van der Waals surface area (Å²) in [6.45, 7) is 2.35. The summed E-state index contributed by atoms with van der Waals surface area (Å²) in [6, 6.07) is 19.1. The molecule has 8 nitrogen and oxygen atoms in total. The molecule has 2 aromatic heterocycles. The van der Waals surface area contributed by atoms with E-state index in [0.717, 1.165) is 16.0 Å². The van der Waals surface area contributed by atoms with Gasteiger partial charge in [-0.1, -0.05) is 36.4 Å². The molecule has 1 saturated carbocycles. The molecule has 3 heterocycles. The highest BCUT2D eigenvalue weighted by atomic mass is 32.2. The first-order chi connectivity index (χ1) is 20.1. The van der Waals surface area contributed by atoms with Gasteiger partial charge >= 0.3 is 0 Å². The van der Waals surface area contributed by atoms with Gasteiger partial charge in [0, 0.05) is 29.8 Å². The maximum Gasteiger partial charge on any atom is 0.276 e. The van der Waals surface area contributed by atoms with Gasteiger partial charge in [0.15, 0.2) is 9.84 Å². The molecule has 1 aliphatic carbocycles. The van der Waals surface area contributed by atoms with Crippen LogP contribution in [0.1, 0.15) is 44.1 Å². The molecule has 42 heavy (non-hydrogen) atoms. The Kier molecular flexibility index (Phi) is 7.10. The fourth-order valence-electron chi connectivity index (χ4n) is 5.24. The molecular formula is C31H29FN4O4S2. The molecule has 216 valence electrons. The molecule has 0 unspecified atom stereocenters. The zero-order valence-electron chi connectivity index (χ0n) is 23.1. The second-order valence-electron chi connectivity index (χ2n) is 10.8. The predicted octanol–water partition coefficient (Wildman–Crippen LogP) is 5.70. The van der Waals surface area contributed by atoms with Crippen LogP contribution in [0.15, 0.2) is 66.7 Å². The first kappa shape index (κ1) is 28.0. The van der Waals surface area contributed by atoms with Gasteiger partial charge in [-0.2, -0.15) is 0 Å². The minimum atomic E-state index is -3.20. The number of rotatable bonds is 7. The Bertz CT molecular complexity index is 1810. The standard InChI is InChI=1S/C31H29FN4O4S2/c1-19-7-5-9-22(32)27(19)35-29(37)25-17-20-13-16-36(24-11-4-3-8-21(24)28(20)41-25)30(38)23-10-6-12-26(34-23)33-18-31(14-15-31)42(2,39)40/h3-12,17H,13-16,18H2,1-2H3,(H,33,34)(H,35,37). The summed E-state index contributed by atoms with van der Waals surface area (Å²) in [7, 11) is -3.20. The average Bonchev–Trinajstić information content (AvgIpc) is 3.69. The topological polar surface area (TPSA) is 108 Å². The molecule has 1 fully saturated rings. The van der Waals surface area contributed by atoms with Gasteiger partial charge in [0.1, 0.15) is 17.3 Å². The highest BCUT2D eigenvalue weighted by Crippen LogP contribution is 2.43. The Hall–Kier alpha value is -4.09. The van der Waals surface area contributed by atoms with E-state index in [4.69, 9.17) is 0 Å². The quantitative estimate of drug-likeness (QED) is 0.280. The summed E-state index contributed by atoms with van der Waals surface area (Å²) < 4.78 is 37.9. The number of carbonyl (C=O) groups is 2. The molecule has 0 atom stereocenters. The molecule has 2 N–H and O–H groups in total. The average molecular weight is 605 g/mol. The molecule has 6 rings (SSSR count). The van der Waals surface area contributed by atoms with Crippen molar-refractivity contribution < 1.29 is 22.4 Å². The number of amides is 2. The number of hydrogen-bond donors (Lipinski definition) is 2. The van der Waals surface area contributed by atoms with Crippen LogP contribution in [0.5, 0.6) is 0 Å². The third-order valence-electron chi connectivity index (χ3n) is 7.94. The van der Waals surface area contributed by atoms with Crippen molar-refractivity contribution in [1.29, 1.82) is 0 Å². The van der Waals surface area contributed by atoms with Crippen LogP contribution < -0.4 is 15.5 Å². The highest BCUT2D eigenvalue weighted by molar-refractivity contribution is 7.92. The zero-order valence-corrected chi connectivity index (χ0v) is 24.7. The van der Waals surface area contributed by atoms with Gasteiger partial charge in [-0.05, 0) is 67.6 Å². The van der Waals surface area contributed by atoms with Crippen molar-refractivity contribution in [2.45, 2.75) is 30.9 Å². The molecule has 11 heteroatoms. The summed E-state index contributed by atoms with van der Waals surface area (Å²) in [5, 5.41) is 5.83. The number of halogens is 1. The monoisotopic (exact) mass is 604 g/mol. The van der Waals surface area contributed by atoms with Crippen LogP contribution in [-0.2, 0) is 16.3 Å². The van der Waals surface area contributed by atoms with E-state index in [-0.39, 0.29) is 29.7 Å². The van der Waals surface area contributed by atoms with E-state index in [1.54, 1.807) is 42.2 Å². The molecule has 4 aromatic rings. The number of benzene rings is 2. The van der Waals surface area contributed by atoms with Crippen LogP contribution in [0.25, 0.3) is 10.4 Å². The highest BCUT2D eigenvalue weighted by Gasteiger charge is 2.51. The Balaban J connectivity index is 1.25. The number of aromatic nitrogens is 1. The number of aryl methyl sites for hydroxylation is 1. The van der Waals surface area contributed by atoms with Gasteiger partial charge in [0.05, 0.1) is 21.0 Å². The normalized spacial score (nSPS) is 15.3. The molecular weight excluding hydrogens is 575 g/mol. The van der Waals surface area contributed by atoms with Gasteiger partial charge in [-0.15, -0.1) is 11.3 Å². The van der Waals surface area contributed by atoms with E-state index < -0.39 is 20.4 Å². The van der Waals surface area contributed by atoms with Crippen molar-refractivity contribution in [3.8, 4) is 10.4 Å². The molecule has 0 saturated heterocycles. The van der Waals surface area contributed by atoms with E-state index in [2.05, 4.69) is 15.6 Å². The third kappa shape index (κ3) is 5.18. The lowest BCUT2D eigenvalue weighted by molar-refractivity contribution is 0.0981. The zero-order chi connectivity index (χ0) is 29.6. The van der Waals surface area contributed by atoms with Crippen molar-refractivity contribution >= 4 is 50.2 Å². The van der Waals surface area contributed by atoms with Gasteiger partial charge in [0.25, 0.3) is 11.8 Å². The number of nitrogens with one attached hydrogen (secondary N) is 2. The second-order valence-corrected chi connectivity index (χ2v) is 14.3. The van der Waals surface area contributed by atoms with Crippen molar-refractivity contribution in [2.24, 2.45) is 0 Å². The number of carbonyl (C=O) groups excluding carboxylic acids is 2. The summed E-state index contributed by atoms with van der Waals surface area (Å²) in [5.74, 6) is -0.711. The first-order valence-corrected chi connectivity index (χ1v) is 16.3. The summed E-state index contributed by atoms with van der Waals surface area (Å²) >= 11 is 1.31. The van der Waals surface area contributed by atoms with Crippen LogP contribution in [0.4, 0.5) is 21.6 Å². The third-order valence-corrected chi connectivity index (χ3v) is 11.3. The number of hydrogen-bond acceptors (Lipinski definition) is 7. The number of pyridine rings is 1. The Morgan fingerprint density at radius 1 is 1.07 bits per heavy atom. The van der Waals surface area contributed by atoms with E-state index in [9.17, 15) is 22.4 Å². The largest absolute Gasteiger partial charge is 0.368 e. The van der Waals surface area contributed by atoms with Gasteiger partial charge in [-0.3, -0.25) is 9.59 Å². The Morgan fingerprint density at radius 3 is 2.57 bits per heavy atom. The number of fused-ring (bicyclic) bond motifs is 3. The molecule has 1 aliphatic heterocycles. The van der Waals surface area contributed by atoms with Crippen LogP contribution >= 0.6 is 11.3 Å². The lowest BCUT2D eigenvalue weighted by Gasteiger charge is -2.23. The fourth-order valence-corrected chi connectivity index (χ4v) is 7.56. The Labute approximate surface area is 247 Å². The Morgan fingerprint density at radius 2 is 1.83 bits per heavy atom. The van der Waals surface area contributed by atoms with Crippen LogP contribution in [-0.4, -0.2) is 49.3 Å². The number of thiophene rings is 1. The molecule has 0 radical (unpaired) electrons. The lowest BCUT2D eigenvalue weighted by atomic mass is 10.1. The van der Waals surface area contributed by atoms with Crippen molar-refractivity contribution in [1.82, 2.24) is 4.98 Å². The van der Waals surface area contributed by atoms with Gasteiger partial charge in [-0.25, -0.2) is 17.8 Å². The summed E-state index contributed by atoms with van der Waals surface area (Å²) in [4.78, 5) is 34.5. The number of anilines is 3. The van der Waals surface area contributed by atoms with Crippen LogP contribution in [0.3, 0.4) is 0 Å². The van der Waals surface area contributed by atoms with E-state index in [1.807, 2.05) is 30.3 Å². The molecule has 2 aromatic carbocycles. The van der Waals surface area contributed by atoms with Crippen LogP contribution in [0.2, 0.25) is 0 Å². The predicted molar refractivity (Wildman–Crippen MR) is 164 cm³/mol. The fraction of sp³-hybridized carbons (Fsp3) is 0.258. The first-order valence-electron chi connectivity index (χ1n) is 13.6. The summed E-state index contributed by atoms with van der Waals surface area (Å²) in [5.41, 5.74) is 3.49. The van der Waals surface area contributed by atoms with Gasteiger partial charge in [0.2, 0.25) is 0 Å². The lowest BCUT2D eigenvalue weighted by Crippen LogP contribution is -2.33. The molecule has 0 bridgehead atoms. The molecule has 2 aliphatic rings. The number of sulfone groups is 1. The minimum Gasteiger partial charge on any atom is -0.368 e. The van der Waals surface area contributed by atoms with Crippen molar-refractivity contribution in [2.75, 3.05) is 34.9 Å².